The molecule has 3 aromatic rings. The lowest BCUT2D eigenvalue weighted by Crippen LogP contribution is -2.31. The van der Waals surface area contributed by atoms with Crippen LogP contribution in [0, 0.1) is 12.7 Å². The van der Waals surface area contributed by atoms with Gasteiger partial charge in [-0.3, -0.25) is 9.78 Å². The van der Waals surface area contributed by atoms with E-state index in [1.165, 1.54) is 12.1 Å². The highest BCUT2D eigenvalue weighted by atomic mass is 35.5. The van der Waals surface area contributed by atoms with Crippen molar-refractivity contribution in [1.82, 2.24) is 4.98 Å². The second-order valence-electron chi connectivity index (χ2n) is 5.84. The number of benzene rings is 2. The summed E-state index contributed by atoms with van der Waals surface area (Å²) >= 11 is 12.2. The number of amides is 1. The van der Waals surface area contributed by atoms with Crippen molar-refractivity contribution in [3.63, 3.8) is 0 Å². The minimum Gasteiger partial charge on any atom is -0.304 e. The SMILES string of the molecule is Cc1cnccc1C(=O)N(Cc1ccc(F)cc1)c1cc(Cl)cc(Cl)c1. The summed E-state index contributed by atoms with van der Waals surface area (Å²) < 4.78 is 13.2. The molecule has 0 saturated carbocycles. The molecule has 0 aliphatic rings. The summed E-state index contributed by atoms with van der Waals surface area (Å²) in [6.07, 6.45) is 3.20. The number of aryl methyl sites for hydroxylation is 1. The van der Waals surface area contributed by atoms with Crippen LogP contribution in [-0.4, -0.2) is 10.9 Å². The predicted octanol–water partition coefficient (Wildman–Crippen LogP) is 5.68. The van der Waals surface area contributed by atoms with Gasteiger partial charge in [0.25, 0.3) is 5.91 Å². The fourth-order valence-corrected chi connectivity index (χ4v) is 3.12. The average molecular weight is 389 g/mol. The molecule has 0 bridgehead atoms. The van der Waals surface area contributed by atoms with Gasteiger partial charge in [0.15, 0.2) is 0 Å². The van der Waals surface area contributed by atoms with E-state index in [4.69, 9.17) is 23.2 Å². The van der Waals surface area contributed by atoms with Gasteiger partial charge in [-0.2, -0.15) is 0 Å². The Bertz CT molecular complexity index is 925. The second-order valence-corrected chi connectivity index (χ2v) is 6.71. The topological polar surface area (TPSA) is 33.2 Å². The zero-order valence-electron chi connectivity index (χ0n) is 13.9. The van der Waals surface area contributed by atoms with Crippen molar-refractivity contribution in [2.45, 2.75) is 13.5 Å². The fourth-order valence-electron chi connectivity index (χ4n) is 2.61. The van der Waals surface area contributed by atoms with Crippen molar-refractivity contribution < 1.29 is 9.18 Å². The number of aromatic nitrogens is 1. The Hall–Kier alpha value is -2.43. The number of nitrogens with zero attached hydrogens (tertiary/aromatic N) is 2. The standard InChI is InChI=1S/C20H15Cl2FN2O/c1-13-11-24-7-6-19(13)20(26)25(12-14-2-4-17(23)5-3-14)18-9-15(21)8-16(22)10-18/h2-11H,12H2,1H3. The third-order valence-electron chi connectivity index (χ3n) is 3.91. The van der Waals surface area contributed by atoms with Gasteiger partial charge < -0.3 is 4.90 Å². The molecule has 3 rings (SSSR count). The van der Waals surface area contributed by atoms with E-state index in [-0.39, 0.29) is 18.3 Å². The van der Waals surface area contributed by atoms with E-state index in [0.29, 0.717) is 21.3 Å². The average Bonchev–Trinajstić information content (AvgIpc) is 2.60. The molecule has 6 heteroatoms. The van der Waals surface area contributed by atoms with E-state index in [1.807, 2.05) is 6.92 Å². The highest BCUT2D eigenvalue weighted by Crippen LogP contribution is 2.28. The van der Waals surface area contributed by atoms with Crippen LogP contribution in [0.5, 0.6) is 0 Å². The van der Waals surface area contributed by atoms with Crippen molar-refractivity contribution in [2.75, 3.05) is 4.90 Å². The number of rotatable bonds is 4. The molecule has 0 fully saturated rings. The molecule has 1 aromatic heterocycles. The monoisotopic (exact) mass is 388 g/mol. The molecule has 0 atom stereocenters. The highest BCUT2D eigenvalue weighted by Gasteiger charge is 2.21. The normalized spacial score (nSPS) is 10.6. The maximum Gasteiger partial charge on any atom is 0.258 e. The number of pyridine rings is 1. The van der Waals surface area contributed by atoms with Crippen LogP contribution in [0.15, 0.2) is 60.9 Å². The molecule has 0 N–H and O–H groups in total. The summed E-state index contributed by atoms with van der Waals surface area (Å²) in [4.78, 5) is 18.8. The second kappa shape index (κ2) is 7.85. The molecular formula is C20H15Cl2FN2O. The van der Waals surface area contributed by atoms with Crippen molar-refractivity contribution >= 4 is 34.8 Å². The van der Waals surface area contributed by atoms with Crippen LogP contribution in [0.4, 0.5) is 10.1 Å². The van der Waals surface area contributed by atoms with Crippen molar-refractivity contribution in [3.05, 3.63) is 93.5 Å². The first-order valence-corrected chi connectivity index (χ1v) is 8.62. The van der Waals surface area contributed by atoms with Crippen LogP contribution >= 0.6 is 23.2 Å². The summed E-state index contributed by atoms with van der Waals surface area (Å²) in [5, 5.41) is 0.853. The number of hydrogen-bond acceptors (Lipinski definition) is 2. The van der Waals surface area contributed by atoms with Crippen molar-refractivity contribution in [3.8, 4) is 0 Å². The molecule has 1 amide bonds. The summed E-state index contributed by atoms with van der Waals surface area (Å²) in [6.45, 7) is 2.07. The molecule has 132 valence electrons. The smallest absolute Gasteiger partial charge is 0.258 e. The van der Waals surface area contributed by atoms with Gasteiger partial charge >= 0.3 is 0 Å². The van der Waals surface area contributed by atoms with E-state index in [9.17, 15) is 9.18 Å². The number of carbonyl (C=O) groups is 1. The lowest BCUT2D eigenvalue weighted by atomic mass is 10.1. The number of hydrogen-bond donors (Lipinski definition) is 0. The number of carbonyl (C=O) groups excluding carboxylic acids is 1. The van der Waals surface area contributed by atoms with Crippen LogP contribution in [0.2, 0.25) is 10.0 Å². The zero-order valence-corrected chi connectivity index (χ0v) is 15.4. The molecule has 0 aliphatic heterocycles. The molecule has 26 heavy (non-hydrogen) atoms. The summed E-state index contributed by atoms with van der Waals surface area (Å²) in [6, 6.07) is 12.6. The third kappa shape index (κ3) is 4.21. The Labute approximate surface area is 161 Å². The van der Waals surface area contributed by atoms with Crippen LogP contribution in [-0.2, 0) is 6.54 Å². The molecule has 3 nitrogen and oxygen atoms in total. The largest absolute Gasteiger partial charge is 0.304 e. The van der Waals surface area contributed by atoms with E-state index in [1.54, 1.807) is 53.7 Å². The zero-order chi connectivity index (χ0) is 18.7. The predicted molar refractivity (Wildman–Crippen MR) is 102 cm³/mol. The Morgan fingerprint density at radius 1 is 1.08 bits per heavy atom. The van der Waals surface area contributed by atoms with Crippen molar-refractivity contribution in [1.29, 1.82) is 0 Å². The summed E-state index contributed by atoms with van der Waals surface area (Å²) in [7, 11) is 0. The Kier molecular flexibility index (Phi) is 5.55. The van der Waals surface area contributed by atoms with Gasteiger partial charge in [0.05, 0.1) is 6.54 Å². The molecule has 0 unspecified atom stereocenters. The summed E-state index contributed by atoms with van der Waals surface area (Å²) in [5.74, 6) is -0.546. The van der Waals surface area contributed by atoms with Crippen LogP contribution in [0.25, 0.3) is 0 Å². The van der Waals surface area contributed by atoms with Gasteiger partial charge in [0.1, 0.15) is 5.82 Å². The van der Waals surface area contributed by atoms with Crippen LogP contribution in [0.1, 0.15) is 21.5 Å². The quantitative estimate of drug-likeness (QED) is 0.575. The number of anilines is 1. The lowest BCUT2D eigenvalue weighted by Gasteiger charge is -2.24. The van der Waals surface area contributed by atoms with Crippen LogP contribution < -0.4 is 4.90 Å². The maximum atomic E-state index is 13.2. The van der Waals surface area contributed by atoms with Gasteiger partial charge in [-0.25, -0.2) is 4.39 Å². The lowest BCUT2D eigenvalue weighted by molar-refractivity contribution is 0.0984. The van der Waals surface area contributed by atoms with Gasteiger partial charge in [0, 0.05) is 33.7 Å². The number of halogens is 3. The minimum atomic E-state index is -0.331. The maximum absolute atomic E-state index is 13.2. The van der Waals surface area contributed by atoms with Gasteiger partial charge in [-0.15, -0.1) is 0 Å². The van der Waals surface area contributed by atoms with E-state index in [2.05, 4.69) is 4.98 Å². The first-order valence-electron chi connectivity index (χ1n) is 7.87. The van der Waals surface area contributed by atoms with Crippen LogP contribution in [0.3, 0.4) is 0 Å². The molecule has 0 saturated heterocycles. The van der Waals surface area contributed by atoms with E-state index < -0.39 is 0 Å². The first kappa shape index (κ1) is 18.4. The summed E-state index contributed by atoms with van der Waals surface area (Å²) in [5.41, 5.74) is 2.63. The minimum absolute atomic E-state index is 0.215. The Morgan fingerprint density at radius 3 is 2.35 bits per heavy atom. The molecule has 0 radical (unpaired) electrons. The molecular weight excluding hydrogens is 374 g/mol. The molecule has 2 aromatic carbocycles. The molecule has 0 aliphatic carbocycles. The fraction of sp³-hybridized carbons (Fsp3) is 0.100. The van der Waals surface area contributed by atoms with E-state index >= 15 is 0 Å². The van der Waals surface area contributed by atoms with Gasteiger partial charge in [0.2, 0.25) is 0 Å². The Morgan fingerprint density at radius 2 is 1.73 bits per heavy atom. The Balaban J connectivity index is 2.04. The van der Waals surface area contributed by atoms with Crippen molar-refractivity contribution in [2.24, 2.45) is 0 Å². The third-order valence-corrected chi connectivity index (χ3v) is 4.35. The van der Waals surface area contributed by atoms with E-state index in [0.717, 1.165) is 11.1 Å². The van der Waals surface area contributed by atoms with Gasteiger partial charge in [-0.05, 0) is 54.4 Å². The first-order chi connectivity index (χ1) is 12.4. The van der Waals surface area contributed by atoms with Gasteiger partial charge in [-0.1, -0.05) is 35.3 Å². The molecule has 0 spiro atoms. The highest BCUT2D eigenvalue weighted by molar-refractivity contribution is 6.35. The molecule has 1 heterocycles.